The van der Waals surface area contributed by atoms with Gasteiger partial charge in [-0.25, -0.2) is 0 Å². The number of benzene rings is 1. The maximum Gasteiger partial charge on any atom is 0.134 e. The number of hydrogen-bond donors (Lipinski definition) is 1. The Labute approximate surface area is 110 Å². The van der Waals surface area contributed by atoms with Gasteiger partial charge in [-0.05, 0) is 38.1 Å². The van der Waals surface area contributed by atoms with Gasteiger partial charge in [0.25, 0.3) is 0 Å². The zero-order valence-corrected chi connectivity index (χ0v) is 11.7. The Morgan fingerprint density at radius 3 is 2.94 bits per heavy atom. The van der Waals surface area contributed by atoms with Gasteiger partial charge in [0, 0.05) is 16.4 Å². The van der Waals surface area contributed by atoms with E-state index in [0.717, 1.165) is 33.3 Å². The van der Waals surface area contributed by atoms with Crippen molar-refractivity contribution in [3.63, 3.8) is 0 Å². The van der Waals surface area contributed by atoms with Crippen molar-refractivity contribution in [2.75, 3.05) is 6.54 Å². The van der Waals surface area contributed by atoms with Crippen LogP contribution >= 0.6 is 15.9 Å². The predicted octanol–water partition coefficient (Wildman–Crippen LogP) is 4.42. The summed E-state index contributed by atoms with van der Waals surface area (Å²) in [4.78, 5) is 0. The molecule has 0 saturated carbocycles. The summed E-state index contributed by atoms with van der Waals surface area (Å²) in [6.45, 7) is 8.79. The molecule has 90 valence electrons. The van der Waals surface area contributed by atoms with Crippen molar-refractivity contribution < 1.29 is 4.42 Å². The van der Waals surface area contributed by atoms with E-state index >= 15 is 0 Å². The van der Waals surface area contributed by atoms with E-state index in [4.69, 9.17) is 4.42 Å². The summed E-state index contributed by atoms with van der Waals surface area (Å²) in [7, 11) is 0. The second-order valence-electron chi connectivity index (χ2n) is 4.39. The Morgan fingerprint density at radius 2 is 2.24 bits per heavy atom. The van der Waals surface area contributed by atoms with E-state index < -0.39 is 0 Å². The third-order valence-corrected chi connectivity index (χ3v) is 3.13. The largest absolute Gasteiger partial charge is 0.459 e. The van der Waals surface area contributed by atoms with Crippen LogP contribution in [0.2, 0.25) is 0 Å². The van der Waals surface area contributed by atoms with Gasteiger partial charge in [0.2, 0.25) is 0 Å². The van der Waals surface area contributed by atoms with Gasteiger partial charge in [0.15, 0.2) is 0 Å². The lowest BCUT2D eigenvalue weighted by atomic mass is 10.2. The number of hydrogen-bond acceptors (Lipinski definition) is 2. The first kappa shape index (κ1) is 12.4. The lowest BCUT2D eigenvalue weighted by molar-refractivity contribution is 0.462. The van der Waals surface area contributed by atoms with Crippen LogP contribution in [0.1, 0.15) is 25.6 Å². The van der Waals surface area contributed by atoms with Crippen LogP contribution in [0.15, 0.2) is 45.3 Å². The number of halogens is 1. The Hall–Kier alpha value is -1.06. The van der Waals surface area contributed by atoms with Gasteiger partial charge in [-0.3, -0.25) is 0 Å². The smallest absolute Gasteiger partial charge is 0.134 e. The number of fused-ring (bicyclic) bond motifs is 1. The molecule has 2 nitrogen and oxygen atoms in total. The summed E-state index contributed by atoms with van der Waals surface area (Å²) in [6.07, 6.45) is 0. The average molecular weight is 294 g/mol. The fourth-order valence-corrected chi connectivity index (χ4v) is 2.05. The normalized spacial score (nSPS) is 12.9. The summed E-state index contributed by atoms with van der Waals surface area (Å²) in [6, 6.07) is 8.30. The molecule has 1 aromatic heterocycles. The van der Waals surface area contributed by atoms with E-state index in [2.05, 4.69) is 46.9 Å². The topological polar surface area (TPSA) is 25.2 Å². The minimum Gasteiger partial charge on any atom is -0.459 e. The number of furan rings is 1. The van der Waals surface area contributed by atoms with E-state index in [0.29, 0.717) is 0 Å². The molecule has 0 radical (unpaired) electrons. The van der Waals surface area contributed by atoms with Crippen molar-refractivity contribution >= 4 is 26.9 Å². The van der Waals surface area contributed by atoms with Crippen molar-refractivity contribution in [2.45, 2.75) is 19.9 Å². The molecule has 0 bridgehead atoms. The molecule has 1 atom stereocenters. The molecule has 0 amide bonds. The Bertz CT molecular complexity index is 544. The first-order valence-corrected chi connectivity index (χ1v) is 6.42. The summed E-state index contributed by atoms with van der Waals surface area (Å²) in [5.41, 5.74) is 2.04. The van der Waals surface area contributed by atoms with Crippen molar-refractivity contribution in [1.82, 2.24) is 5.32 Å². The van der Waals surface area contributed by atoms with E-state index in [1.807, 2.05) is 19.1 Å². The van der Waals surface area contributed by atoms with Gasteiger partial charge in [0.05, 0.1) is 6.04 Å². The van der Waals surface area contributed by atoms with Crippen molar-refractivity contribution in [2.24, 2.45) is 0 Å². The van der Waals surface area contributed by atoms with Crippen molar-refractivity contribution in [3.05, 3.63) is 46.7 Å². The van der Waals surface area contributed by atoms with Crippen LogP contribution in [0.5, 0.6) is 0 Å². The van der Waals surface area contributed by atoms with Crippen LogP contribution in [0.3, 0.4) is 0 Å². The van der Waals surface area contributed by atoms with Crippen LogP contribution in [-0.4, -0.2) is 6.54 Å². The molecule has 2 aromatic rings. The molecule has 0 fully saturated rings. The third kappa shape index (κ3) is 2.99. The highest BCUT2D eigenvalue weighted by molar-refractivity contribution is 9.10. The molecular formula is C14H16BrNO. The maximum atomic E-state index is 5.80. The SMILES string of the molecule is C=C(C)CNC(C)c1cc2cc(Br)ccc2o1. The molecule has 1 N–H and O–H groups in total. The van der Waals surface area contributed by atoms with Crippen LogP contribution in [0.4, 0.5) is 0 Å². The molecule has 0 aliphatic rings. The summed E-state index contributed by atoms with van der Waals surface area (Å²) in [5.74, 6) is 0.958. The standard InChI is InChI=1S/C14H16BrNO/c1-9(2)8-16-10(3)14-7-11-6-12(15)4-5-13(11)17-14/h4-7,10,16H,1,8H2,2-3H3. The second kappa shape index (κ2) is 5.07. The van der Waals surface area contributed by atoms with Crippen molar-refractivity contribution in [1.29, 1.82) is 0 Å². The molecule has 17 heavy (non-hydrogen) atoms. The van der Waals surface area contributed by atoms with Gasteiger partial charge in [-0.15, -0.1) is 0 Å². The molecule has 1 aromatic carbocycles. The molecular weight excluding hydrogens is 278 g/mol. The lowest BCUT2D eigenvalue weighted by Crippen LogP contribution is -2.19. The van der Waals surface area contributed by atoms with E-state index in [1.54, 1.807) is 0 Å². The predicted molar refractivity (Wildman–Crippen MR) is 75.1 cm³/mol. The van der Waals surface area contributed by atoms with Crippen LogP contribution in [-0.2, 0) is 0 Å². The van der Waals surface area contributed by atoms with E-state index in [9.17, 15) is 0 Å². The minimum absolute atomic E-state index is 0.192. The lowest BCUT2D eigenvalue weighted by Gasteiger charge is -2.10. The van der Waals surface area contributed by atoms with Crippen LogP contribution in [0, 0.1) is 0 Å². The quantitative estimate of drug-likeness (QED) is 0.844. The summed E-state index contributed by atoms with van der Waals surface area (Å²) < 4.78 is 6.87. The van der Waals surface area contributed by atoms with Gasteiger partial charge in [0.1, 0.15) is 11.3 Å². The molecule has 0 aliphatic carbocycles. The highest BCUT2D eigenvalue weighted by Crippen LogP contribution is 2.26. The highest BCUT2D eigenvalue weighted by Gasteiger charge is 2.10. The highest BCUT2D eigenvalue weighted by atomic mass is 79.9. The molecule has 1 heterocycles. The van der Waals surface area contributed by atoms with Gasteiger partial charge >= 0.3 is 0 Å². The van der Waals surface area contributed by atoms with Crippen molar-refractivity contribution in [3.8, 4) is 0 Å². The zero-order chi connectivity index (χ0) is 12.4. The molecule has 0 aliphatic heterocycles. The van der Waals surface area contributed by atoms with Gasteiger partial charge in [-0.1, -0.05) is 28.1 Å². The van der Waals surface area contributed by atoms with Crippen LogP contribution in [0.25, 0.3) is 11.0 Å². The molecule has 1 unspecified atom stereocenters. The number of rotatable bonds is 4. The van der Waals surface area contributed by atoms with Gasteiger partial charge < -0.3 is 9.73 Å². The molecule has 0 spiro atoms. The fraction of sp³-hybridized carbons (Fsp3) is 0.286. The van der Waals surface area contributed by atoms with E-state index in [1.165, 1.54) is 0 Å². The third-order valence-electron chi connectivity index (χ3n) is 2.63. The van der Waals surface area contributed by atoms with Crippen LogP contribution < -0.4 is 5.32 Å². The van der Waals surface area contributed by atoms with E-state index in [-0.39, 0.29) is 6.04 Å². The average Bonchev–Trinajstić information content (AvgIpc) is 2.68. The Morgan fingerprint density at radius 1 is 1.47 bits per heavy atom. The zero-order valence-electron chi connectivity index (χ0n) is 10.1. The first-order chi connectivity index (χ1) is 8.06. The second-order valence-corrected chi connectivity index (χ2v) is 5.31. The summed E-state index contributed by atoms with van der Waals surface area (Å²) in [5, 5.41) is 4.49. The molecule has 0 saturated heterocycles. The Kier molecular flexibility index (Phi) is 3.69. The Balaban J connectivity index is 2.21. The summed E-state index contributed by atoms with van der Waals surface area (Å²) >= 11 is 3.46. The first-order valence-electron chi connectivity index (χ1n) is 5.63. The fourth-order valence-electron chi connectivity index (χ4n) is 1.68. The maximum absolute atomic E-state index is 5.80. The molecule has 3 heteroatoms. The number of nitrogens with one attached hydrogen (secondary N) is 1. The monoisotopic (exact) mass is 293 g/mol. The molecule has 2 rings (SSSR count). The minimum atomic E-state index is 0.192. The van der Waals surface area contributed by atoms with Gasteiger partial charge in [-0.2, -0.15) is 0 Å².